The van der Waals surface area contributed by atoms with Gasteiger partial charge in [0.25, 0.3) is 0 Å². The summed E-state index contributed by atoms with van der Waals surface area (Å²) in [5, 5.41) is 4.16. The van der Waals surface area contributed by atoms with Crippen molar-refractivity contribution in [2.75, 3.05) is 41.3 Å². The van der Waals surface area contributed by atoms with Crippen LogP contribution in [0.1, 0.15) is 19.3 Å². The van der Waals surface area contributed by atoms with Crippen LogP contribution in [-0.4, -0.2) is 59.3 Å². The second kappa shape index (κ2) is 10.3. The Morgan fingerprint density at radius 2 is 1.45 bits per heavy atom. The number of aromatic nitrogens is 3. The van der Waals surface area contributed by atoms with Gasteiger partial charge in [-0.15, -0.1) is 12.4 Å². The molecule has 2 aliphatic heterocycles. The zero-order valence-corrected chi connectivity index (χ0v) is 19.4. The molecule has 2 atom stereocenters. The molecule has 170 valence electrons. The van der Waals surface area contributed by atoms with Gasteiger partial charge in [-0.2, -0.15) is 15.0 Å². The average molecular weight is 489 g/mol. The lowest BCUT2D eigenvalue weighted by Crippen LogP contribution is -2.53. The summed E-state index contributed by atoms with van der Waals surface area (Å²) in [4.78, 5) is 18.2. The van der Waals surface area contributed by atoms with Crippen molar-refractivity contribution in [3.05, 3.63) is 28.2 Å². The van der Waals surface area contributed by atoms with E-state index in [-0.39, 0.29) is 30.5 Å². The van der Waals surface area contributed by atoms with E-state index in [1.807, 2.05) is 11.0 Å². The molecule has 1 aromatic heterocycles. The van der Waals surface area contributed by atoms with E-state index in [2.05, 4.69) is 20.2 Å². The topological polar surface area (TPSA) is 135 Å². The van der Waals surface area contributed by atoms with Gasteiger partial charge in [-0.25, -0.2) is 0 Å². The summed E-state index contributed by atoms with van der Waals surface area (Å²) in [5.41, 5.74) is 19.2. The predicted octanol–water partition coefficient (Wildman–Crippen LogP) is 2.14. The van der Waals surface area contributed by atoms with Crippen LogP contribution < -0.4 is 32.3 Å². The molecule has 2 fully saturated rings. The minimum atomic E-state index is -0.0200. The van der Waals surface area contributed by atoms with Gasteiger partial charge in [-0.1, -0.05) is 23.2 Å². The Bertz CT molecular complexity index is 882. The van der Waals surface area contributed by atoms with Gasteiger partial charge in [0.15, 0.2) is 0 Å². The van der Waals surface area contributed by atoms with Crippen LogP contribution in [-0.2, 0) is 0 Å². The van der Waals surface area contributed by atoms with E-state index in [1.165, 1.54) is 0 Å². The molecule has 0 bridgehead atoms. The van der Waals surface area contributed by atoms with Gasteiger partial charge >= 0.3 is 0 Å². The molecule has 1 aromatic carbocycles. The molecule has 0 aliphatic carbocycles. The quantitative estimate of drug-likeness (QED) is 0.510. The highest BCUT2D eigenvalue weighted by atomic mass is 35.5. The molecule has 0 unspecified atom stereocenters. The van der Waals surface area contributed by atoms with Crippen LogP contribution in [0.4, 0.5) is 23.5 Å². The summed E-state index contributed by atoms with van der Waals surface area (Å²) in [6.45, 7) is 2.90. The molecule has 0 radical (unpaired) electrons. The number of benzene rings is 1. The number of rotatable bonds is 4. The summed E-state index contributed by atoms with van der Waals surface area (Å²) in [5.74, 6) is 1.60. The first-order valence-electron chi connectivity index (χ1n) is 10.1. The number of hydrogen-bond donors (Lipinski definition) is 4. The Morgan fingerprint density at radius 3 is 2.06 bits per heavy atom. The van der Waals surface area contributed by atoms with Crippen molar-refractivity contribution in [3.8, 4) is 0 Å². The molecule has 12 heteroatoms. The number of anilines is 4. The highest BCUT2D eigenvalue weighted by Gasteiger charge is 2.27. The largest absolute Gasteiger partial charge is 0.341 e. The van der Waals surface area contributed by atoms with Crippen LogP contribution in [0.2, 0.25) is 10.0 Å². The van der Waals surface area contributed by atoms with Crippen LogP contribution in [0.5, 0.6) is 0 Å². The summed E-state index contributed by atoms with van der Waals surface area (Å²) < 4.78 is 0. The number of nitrogens with zero attached hydrogens (tertiary/aromatic N) is 5. The van der Waals surface area contributed by atoms with Crippen molar-refractivity contribution in [2.45, 2.75) is 37.4 Å². The third-order valence-electron chi connectivity index (χ3n) is 5.41. The monoisotopic (exact) mass is 487 g/mol. The Labute approximate surface area is 198 Å². The van der Waals surface area contributed by atoms with Crippen molar-refractivity contribution in [1.82, 2.24) is 15.0 Å². The normalized spacial score (nSPS) is 22.2. The SMILES string of the molecule is Cl.NC1CCN(c2nc(Nc3ccc(Cl)c(Cl)c3)nc(N3C[C@H](N)C[C@H](N)C3)n2)CC1. The maximum absolute atomic E-state index is 6.18. The molecule has 0 spiro atoms. The summed E-state index contributed by atoms with van der Waals surface area (Å²) in [6, 6.07) is 5.46. The molecule has 2 saturated heterocycles. The number of halogens is 3. The smallest absolute Gasteiger partial charge is 0.233 e. The first-order chi connectivity index (χ1) is 14.4. The van der Waals surface area contributed by atoms with Gasteiger partial charge in [-0.05, 0) is 37.5 Å². The lowest BCUT2D eigenvalue weighted by molar-refractivity contribution is 0.446. The van der Waals surface area contributed by atoms with Crippen LogP contribution in [0.25, 0.3) is 0 Å². The lowest BCUT2D eigenvalue weighted by Gasteiger charge is -2.35. The minimum Gasteiger partial charge on any atom is -0.341 e. The first-order valence-corrected chi connectivity index (χ1v) is 10.9. The first kappa shape index (κ1) is 24.0. The zero-order valence-electron chi connectivity index (χ0n) is 17.0. The Morgan fingerprint density at radius 1 is 0.839 bits per heavy atom. The predicted molar refractivity (Wildman–Crippen MR) is 129 cm³/mol. The van der Waals surface area contributed by atoms with E-state index < -0.39 is 0 Å². The van der Waals surface area contributed by atoms with Gasteiger partial charge in [-0.3, -0.25) is 0 Å². The maximum Gasteiger partial charge on any atom is 0.233 e. The van der Waals surface area contributed by atoms with Crippen LogP contribution in [0, 0.1) is 0 Å². The van der Waals surface area contributed by atoms with E-state index in [9.17, 15) is 0 Å². The molecule has 31 heavy (non-hydrogen) atoms. The molecular formula is C19H28Cl3N9. The Hall–Kier alpha value is -1.62. The maximum atomic E-state index is 6.18. The molecule has 2 aromatic rings. The molecular weight excluding hydrogens is 461 g/mol. The number of nitrogens with two attached hydrogens (primary N) is 3. The lowest BCUT2D eigenvalue weighted by atomic mass is 10.0. The van der Waals surface area contributed by atoms with Gasteiger partial charge in [0.05, 0.1) is 10.0 Å². The van der Waals surface area contributed by atoms with Crippen molar-refractivity contribution in [2.24, 2.45) is 17.2 Å². The average Bonchev–Trinajstić information content (AvgIpc) is 2.70. The number of piperidine rings is 2. The Kier molecular flexibility index (Phi) is 8.01. The standard InChI is InChI=1S/C19H27Cl2N9.ClH/c20-15-2-1-14(8-16(15)21)25-17-26-18(29-5-3-11(22)4-6-29)28-19(27-17)30-9-12(23)7-13(24)10-30;/h1-2,8,11-13H,3-7,9-10,22-24H2,(H,25,26,27,28);1H/t12-,13+;. The third-order valence-corrected chi connectivity index (χ3v) is 6.15. The second-order valence-electron chi connectivity index (χ2n) is 8.00. The fraction of sp³-hybridized carbons (Fsp3) is 0.526. The van der Waals surface area contributed by atoms with Crippen molar-refractivity contribution in [1.29, 1.82) is 0 Å². The van der Waals surface area contributed by atoms with Crippen LogP contribution in [0.3, 0.4) is 0 Å². The fourth-order valence-electron chi connectivity index (χ4n) is 3.84. The molecule has 0 amide bonds. The number of hydrogen-bond acceptors (Lipinski definition) is 9. The summed E-state index contributed by atoms with van der Waals surface area (Å²) >= 11 is 12.2. The molecule has 9 nitrogen and oxygen atoms in total. The van der Waals surface area contributed by atoms with Gasteiger partial charge < -0.3 is 32.3 Å². The van der Waals surface area contributed by atoms with Gasteiger partial charge in [0.1, 0.15) is 0 Å². The van der Waals surface area contributed by atoms with Crippen molar-refractivity contribution < 1.29 is 0 Å². The fourth-order valence-corrected chi connectivity index (χ4v) is 4.14. The molecule has 2 aliphatic rings. The van der Waals surface area contributed by atoms with Crippen molar-refractivity contribution in [3.63, 3.8) is 0 Å². The molecule has 3 heterocycles. The third kappa shape index (κ3) is 6.00. The molecule has 0 saturated carbocycles. The van der Waals surface area contributed by atoms with E-state index in [4.69, 9.17) is 45.4 Å². The van der Waals surface area contributed by atoms with E-state index in [1.54, 1.807) is 12.1 Å². The number of nitrogens with one attached hydrogen (secondary N) is 1. The van der Waals surface area contributed by atoms with Crippen molar-refractivity contribution >= 4 is 59.1 Å². The van der Waals surface area contributed by atoms with E-state index >= 15 is 0 Å². The molecule has 7 N–H and O–H groups in total. The zero-order chi connectivity index (χ0) is 21.3. The van der Waals surface area contributed by atoms with Gasteiger partial charge in [0, 0.05) is 50.0 Å². The molecule has 4 rings (SSSR count). The highest BCUT2D eigenvalue weighted by molar-refractivity contribution is 6.42. The van der Waals surface area contributed by atoms with E-state index in [0.29, 0.717) is 41.0 Å². The minimum absolute atomic E-state index is 0. The van der Waals surface area contributed by atoms with Crippen LogP contribution >= 0.6 is 35.6 Å². The highest BCUT2D eigenvalue weighted by Crippen LogP contribution is 2.28. The Balaban J connectivity index is 0.00000272. The summed E-state index contributed by atoms with van der Waals surface area (Å²) in [6.07, 6.45) is 2.58. The van der Waals surface area contributed by atoms with E-state index in [0.717, 1.165) is 38.0 Å². The van der Waals surface area contributed by atoms with Gasteiger partial charge in [0.2, 0.25) is 17.8 Å². The van der Waals surface area contributed by atoms with Crippen LogP contribution in [0.15, 0.2) is 18.2 Å². The second-order valence-corrected chi connectivity index (χ2v) is 8.81. The summed E-state index contributed by atoms with van der Waals surface area (Å²) in [7, 11) is 0.